The maximum absolute atomic E-state index is 11.0. The van der Waals surface area contributed by atoms with Gasteiger partial charge in [-0.15, -0.1) is 0 Å². The number of esters is 1. The van der Waals surface area contributed by atoms with Gasteiger partial charge in [0.1, 0.15) is 6.54 Å². The molecule has 0 heterocycles. The number of primary amides is 1. The molecule has 0 aliphatic rings. The van der Waals surface area contributed by atoms with Crippen LogP contribution in [-0.4, -0.2) is 25.0 Å². The lowest BCUT2D eigenvalue weighted by Gasteiger charge is -2.06. The summed E-state index contributed by atoms with van der Waals surface area (Å²) in [6, 6.07) is 6.55. The van der Waals surface area contributed by atoms with Gasteiger partial charge in [0.25, 0.3) is 0 Å². The van der Waals surface area contributed by atoms with Crippen molar-refractivity contribution < 1.29 is 14.3 Å². The number of ether oxygens (including phenoxy) is 1. The second-order valence-electron chi connectivity index (χ2n) is 3.10. The molecule has 0 saturated carbocycles. The second-order valence-corrected chi connectivity index (χ2v) is 3.10. The highest BCUT2D eigenvalue weighted by Crippen LogP contribution is 2.08. The molecule has 0 aliphatic heterocycles. The Labute approximate surface area is 93.6 Å². The SMILES string of the molecule is CCOC(=O)CNc1ccc(C(N)=O)cc1. The van der Waals surface area contributed by atoms with Gasteiger partial charge in [-0.3, -0.25) is 9.59 Å². The third-order valence-corrected chi connectivity index (χ3v) is 1.91. The van der Waals surface area contributed by atoms with E-state index >= 15 is 0 Å². The van der Waals surface area contributed by atoms with E-state index in [4.69, 9.17) is 10.5 Å². The Morgan fingerprint density at radius 3 is 2.44 bits per heavy atom. The normalized spacial score (nSPS) is 9.56. The minimum Gasteiger partial charge on any atom is -0.465 e. The molecule has 0 bridgehead atoms. The maximum Gasteiger partial charge on any atom is 0.325 e. The summed E-state index contributed by atoms with van der Waals surface area (Å²) in [4.78, 5) is 21.8. The van der Waals surface area contributed by atoms with Crippen molar-refractivity contribution in [2.75, 3.05) is 18.5 Å². The fraction of sp³-hybridized carbons (Fsp3) is 0.273. The van der Waals surface area contributed by atoms with Crippen LogP contribution < -0.4 is 11.1 Å². The predicted molar refractivity (Wildman–Crippen MR) is 60.1 cm³/mol. The molecule has 0 atom stereocenters. The van der Waals surface area contributed by atoms with E-state index in [9.17, 15) is 9.59 Å². The van der Waals surface area contributed by atoms with Crippen molar-refractivity contribution in [1.29, 1.82) is 0 Å². The van der Waals surface area contributed by atoms with Crippen LogP contribution in [0.3, 0.4) is 0 Å². The van der Waals surface area contributed by atoms with Crippen molar-refractivity contribution in [2.45, 2.75) is 6.92 Å². The predicted octanol–water partition coefficient (Wildman–Crippen LogP) is 0.760. The summed E-state index contributed by atoms with van der Waals surface area (Å²) in [5.74, 6) is -0.793. The number of anilines is 1. The Morgan fingerprint density at radius 1 is 1.31 bits per heavy atom. The zero-order chi connectivity index (χ0) is 12.0. The highest BCUT2D eigenvalue weighted by atomic mass is 16.5. The third kappa shape index (κ3) is 3.61. The number of rotatable bonds is 5. The first-order chi connectivity index (χ1) is 7.63. The Kier molecular flexibility index (Phi) is 4.32. The quantitative estimate of drug-likeness (QED) is 0.721. The smallest absolute Gasteiger partial charge is 0.325 e. The first kappa shape index (κ1) is 12.0. The van der Waals surface area contributed by atoms with Crippen LogP contribution in [0.25, 0.3) is 0 Å². The van der Waals surface area contributed by atoms with Gasteiger partial charge in [-0.25, -0.2) is 0 Å². The number of hydrogen-bond donors (Lipinski definition) is 2. The van der Waals surface area contributed by atoms with Crippen LogP contribution >= 0.6 is 0 Å². The van der Waals surface area contributed by atoms with E-state index in [-0.39, 0.29) is 12.5 Å². The minimum absolute atomic E-state index is 0.101. The first-order valence-electron chi connectivity index (χ1n) is 4.93. The second kappa shape index (κ2) is 5.75. The van der Waals surface area contributed by atoms with Crippen molar-refractivity contribution in [3.05, 3.63) is 29.8 Å². The summed E-state index contributed by atoms with van der Waals surface area (Å²) in [7, 11) is 0. The van der Waals surface area contributed by atoms with Gasteiger partial charge < -0.3 is 15.8 Å². The third-order valence-electron chi connectivity index (χ3n) is 1.91. The van der Waals surface area contributed by atoms with Crippen LogP contribution in [-0.2, 0) is 9.53 Å². The van der Waals surface area contributed by atoms with Gasteiger partial charge in [0.2, 0.25) is 5.91 Å². The summed E-state index contributed by atoms with van der Waals surface area (Å²) in [5.41, 5.74) is 6.26. The molecule has 1 rings (SSSR count). The Hall–Kier alpha value is -2.04. The van der Waals surface area contributed by atoms with Crippen molar-refractivity contribution in [1.82, 2.24) is 0 Å². The average Bonchev–Trinajstić information content (AvgIpc) is 2.27. The molecule has 0 radical (unpaired) electrons. The lowest BCUT2D eigenvalue weighted by molar-refractivity contribution is -0.140. The summed E-state index contributed by atoms with van der Waals surface area (Å²) >= 11 is 0. The molecule has 0 spiro atoms. The van der Waals surface area contributed by atoms with E-state index in [1.54, 1.807) is 31.2 Å². The van der Waals surface area contributed by atoms with Gasteiger partial charge in [0.05, 0.1) is 6.61 Å². The molecular formula is C11H14N2O3. The molecule has 5 heteroatoms. The van der Waals surface area contributed by atoms with E-state index in [2.05, 4.69) is 5.32 Å². The molecule has 16 heavy (non-hydrogen) atoms. The molecule has 0 unspecified atom stereocenters. The van der Waals surface area contributed by atoms with Crippen LogP contribution in [0.2, 0.25) is 0 Å². The number of nitrogens with one attached hydrogen (secondary N) is 1. The molecule has 86 valence electrons. The van der Waals surface area contributed by atoms with E-state index < -0.39 is 5.91 Å². The van der Waals surface area contributed by atoms with Gasteiger partial charge in [0, 0.05) is 11.3 Å². The van der Waals surface area contributed by atoms with Crippen LogP contribution in [0.5, 0.6) is 0 Å². The van der Waals surface area contributed by atoms with Gasteiger partial charge in [-0.2, -0.15) is 0 Å². The van der Waals surface area contributed by atoms with Gasteiger partial charge >= 0.3 is 5.97 Å². The number of nitrogens with two attached hydrogens (primary N) is 1. The number of hydrogen-bond acceptors (Lipinski definition) is 4. The average molecular weight is 222 g/mol. The first-order valence-corrected chi connectivity index (χ1v) is 4.93. The van der Waals surface area contributed by atoms with E-state index in [0.717, 1.165) is 5.69 Å². The maximum atomic E-state index is 11.0. The Morgan fingerprint density at radius 2 is 1.94 bits per heavy atom. The molecule has 0 saturated heterocycles. The highest BCUT2D eigenvalue weighted by molar-refractivity contribution is 5.93. The lowest BCUT2D eigenvalue weighted by atomic mass is 10.2. The number of benzene rings is 1. The molecular weight excluding hydrogens is 208 g/mol. The standard InChI is InChI=1S/C11H14N2O3/c1-2-16-10(14)7-13-9-5-3-8(4-6-9)11(12)15/h3-6,13H,2,7H2,1H3,(H2,12,15). The Bertz CT molecular complexity index is 373. The van der Waals surface area contributed by atoms with Crippen molar-refractivity contribution >= 4 is 17.6 Å². The van der Waals surface area contributed by atoms with Crippen molar-refractivity contribution in [3.63, 3.8) is 0 Å². The monoisotopic (exact) mass is 222 g/mol. The molecule has 0 aromatic heterocycles. The van der Waals surface area contributed by atoms with E-state index in [0.29, 0.717) is 12.2 Å². The van der Waals surface area contributed by atoms with Gasteiger partial charge in [-0.05, 0) is 31.2 Å². The van der Waals surface area contributed by atoms with Gasteiger partial charge in [0.15, 0.2) is 0 Å². The van der Waals surface area contributed by atoms with Crippen molar-refractivity contribution in [3.8, 4) is 0 Å². The number of amides is 1. The topological polar surface area (TPSA) is 81.4 Å². The van der Waals surface area contributed by atoms with E-state index in [1.807, 2.05) is 0 Å². The van der Waals surface area contributed by atoms with Crippen LogP contribution in [0, 0.1) is 0 Å². The fourth-order valence-electron chi connectivity index (χ4n) is 1.14. The van der Waals surface area contributed by atoms with E-state index in [1.165, 1.54) is 0 Å². The fourth-order valence-corrected chi connectivity index (χ4v) is 1.14. The summed E-state index contributed by atoms with van der Waals surface area (Å²) < 4.78 is 4.75. The van der Waals surface area contributed by atoms with Crippen molar-refractivity contribution in [2.24, 2.45) is 5.73 Å². The Balaban J connectivity index is 2.49. The zero-order valence-corrected chi connectivity index (χ0v) is 9.03. The summed E-state index contributed by atoms with van der Waals surface area (Å²) in [6.07, 6.45) is 0. The largest absolute Gasteiger partial charge is 0.465 e. The number of carbonyl (C=O) groups is 2. The van der Waals surface area contributed by atoms with Crippen LogP contribution in [0.1, 0.15) is 17.3 Å². The molecule has 1 aromatic carbocycles. The lowest BCUT2D eigenvalue weighted by Crippen LogP contribution is -2.16. The molecule has 1 aromatic rings. The zero-order valence-electron chi connectivity index (χ0n) is 9.03. The van der Waals surface area contributed by atoms with Gasteiger partial charge in [-0.1, -0.05) is 0 Å². The van der Waals surface area contributed by atoms with Crippen LogP contribution in [0.4, 0.5) is 5.69 Å². The molecule has 5 nitrogen and oxygen atoms in total. The highest BCUT2D eigenvalue weighted by Gasteiger charge is 2.02. The summed E-state index contributed by atoms with van der Waals surface area (Å²) in [6.45, 7) is 2.21. The summed E-state index contributed by atoms with van der Waals surface area (Å²) in [5, 5.41) is 2.87. The molecule has 0 fully saturated rings. The number of carbonyl (C=O) groups excluding carboxylic acids is 2. The molecule has 1 amide bonds. The molecule has 3 N–H and O–H groups in total. The van der Waals surface area contributed by atoms with Crippen LogP contribution in [0.15, 0.2) is 24.3 Å². The minimum atomic E-state index is -0.475. The molecule has 0 aliphatic carbocycles.